The predicted molar refractivity (Wildman–Crippen MR) is 90.7 cm³/mol. The van der Waals surface area contributed by atoms with Crippen LogP contribution >= 0.6 is 0 Å². The standard InChI is InChI=1S/C18H16F3N5O2/c1-10-16(25-28-24-10)17(27)23-14-6-3-7-15-13(14)9-22-26(15)12-5-2-4-11(8-12)18(19,20)21/h2,4-5,8-9,14H,3,6-7H2,1H3,(H,23,27). The van der Waals surface area contributed by atoms with Crippen molar-refractivity contribution in [3.8, 4) is 5.69 Å². The summed E-state index contributed by atoms with van der Waals surface area (Å²) in [6.07, 6.45) is -0.727. The molecule has 0 fully saturated rings. The smallest absolute Gasteiger partial charge is 0.344 e. The number of aromatic nitrogens is 4. The minimum absolute atomic E-state index is 0.109. The lowest BCUT2D eigenvalue weighted by Gasteiger charge is -2.24. The van der Waals surface area contributed by atoms with Gasteiger partial charge in [0.25, 0.3) is 5.91 Å². The summed E-state index contributed by atoms with van der Waals surface area (Å²) in [4.78, 5) is 12.4. The Morgan fingerprint density at radius 1 is 1.32 bits per heavy atom. The average molecular weight is 391 g/mol. The van der Waals surface area contributed by atoms with Crippen molar-refractivity contribution in [3.63, 3.8) is 0 Å². The highest BCUT2D eigenvalue weighted by molar-refractivity contribution is 5.93. The second kappa shape index (κ2) is 6.77. The molecule has 2 aromatic heterocycles. The number of alkyl halides is 3. The van der Waals surface area contributed by atoms with Crippen LogP contribution in [0.3, 0.4) is 0 Å². The van der Waals surface area contributed by atoms with Crippen LogP contribution in [0, 0.1) is 6.92 Å². The van der Waals surface area contributed by atoms with Crippen LogP contribution in [0.15, 0.2) is 35.1 Å². The van der Waals surface area contributed by atoms with Crippen LogP contribution in [0.5, 0.6) is 0 Å². The Balaban J connectivity index is 1.64. The Labute approximate surface area is 157 Å². The quantitative estimate of drug-likeness (QED) is 0.740. The number of benzene rings is 1. The average Bonchev–Trinajstić information content (AvgIpc) is 3.28. The summed E-state index contributed by atoms with van der Waals surface area (Å²) in [5.74, 6) is -0.414. The highest BCUT2D eigenvalue weighted by atomic mass is 19.4. The van der Waals surface area contributed by atoms with Crippen LogP contribution in [0.4, 0.5) is 13.2 Å². The van der Waals surface area contributed by atoms with Crippen molar-refractivity contribution < 1.29 is 22.6 Å². The Kier molecular flexibility index (Phi) is 4.40. The zero-order valence-electron chi connectivity index (χ0n) is 14.8. The minimum Gasteiger partial charge on any atom is -0.344 e. The first-order chi connectivity index (χ1) is 13.3. The molecule has 28 heavy (non-hydrogen) atoms. The molecule has 0 saturated carbocycles. The number of halogens is 3. The van der Waals surface area contributed by atoms with Crippen molar-refractivity contribution in [2.24, 2.45) is 0 Å². The summed E-state index contributed by atoms with van der Waals surface area (Å²) in [6, 6.07) is 4.72. The molecule has 0 bridgehead atoms. The molecule has 7 nitrogen and oxygen atoms in total. The molecule has 1 aliphatic rings. The third-order valence-corrected chi connectivity index (χ3v) is 4.77. The molecule has 10 heteroatoms. The highest BCUT2D eigenvalue weighted by Crippen LogP contribution is 2.33. The maximum atomic E-state index is 13.0. The second-order valence-electron chi connectivity index (χ2n) is 6.62. The lowest BCUT2D eigenvalue weighted by Crippen LogP contribution is -2.31. The molecule has 2 heterocycles. The van der Waals surface area contributed by atoms with E-state index in [1.807, 2.05) is 0 Å². The second-order valence-corrected chi connectivity index (χ2v) is 6.62. The van der Waals surface area contributed by atoms with Gasteiger partial charge in [0.2, 0.25) is 0 Å². The fourth-order valence-electron chi connectivity index (χ4n) is 3.41. The fourth-order valence-corrected chi connectivity index (χ4v) is 3.41. The molecule has 1 aliphatic carbocycles. The van der Waals surface area contributed by atoms with E-state index in [0.29, 0.717) is 24.2 Å². The summed E-state index contributed by atoms with van der Waals surface area (Å²) in [7, 11) is 0. The van der Waals surface area contributed by atoms with E-state index >= 15 is 0 Å². The van der Waals surface area contributed by atoms with Crippen LogP contribution < -0.4 is 5.32 Å². The number of hydrogen-bond donors (Lipinski definition) is 1. The third-order valence-electron chi connectivity index (χ3n) is 4.77. The first-order valence-corrected chi connectivity index (χ1v) is 8.69. The van der Waals surface area contributed by atoms with E-state index in [4.69, 9.17) is 0 Å². The maximum Gasteiger partial charge on any atom is 0.416 e. The molecule has 0 aliphatic heterocycles. The van der Waals surface area contributed by atoms with Gasteiger partial charge in [-0.05, 0) is 49.5 Å². The Bertz CT molecular complexity index is 1020. The molecule has 146 valence electrons. The van der Waals surface area contributed by atoms with Gasteiger partial charge in [-0.1, -0.05) is 11.2 Å². The van der Waals surface area contributed by atoms with Crippen molar-refractivity contribution in [1.29, 1.82) is 0 Å². The fraction of sp³-hybridized carbons (Fsp3) is 0.333. The van der Waals surface area contributed by atoms with Gasteiger partial charge in [-0.3, -0.25) is 4.79 Å². The molecule has 0 spiro atoms. The normalized spacial score (nSPS) is 16.6. The van der Waals surface area contributed by atoms with Gasteiger partial charge in [0, 0.05) is 11.3 Å². The monoisotopic (exact) mass is 391 g/mol. The molecule has 4 rings (SSSR count). The van der Waals surface area contributed by atoms with E-state index in [1.54, 1.807) is 19.2 Å². The number of carbonyl (C=O) groups is 1. The molecular formula is C18H16F3N5O2. The number of aryl methyl sites for hydroxylation is 1. The van der Waals surface area contributed by atoms with Crippen LogP contribution in [0.1, 0.15) is 51.9 Å². The number of nitrogens with one attached hydrogen (secondary N) is 1. The van der Waals surface area contributed by atoms with E-state index < -0.39 is 17.6 Å². The summed E-state index contributed by atoms with van der Waals surface area (Å²) < 4.78 is 45.1. The van der Waals surface area contributed by atoms with E-state index in [2.05, 4.69) is 25.4 Å². The number of nitrogens with zero attached hydrogens (tertiary/aromatic N) is 4. The number of amides is 1. The molecule has 1 aromatic carbocycles. The SMILES string of the molecule is Cc1nonc1C(=O)NC1CCCc2c1cnn2-c1cccc(C(F)(F)F)c1. The van der Waals surface area contributed by atoms with E-state index in [0.717, 1.165) is 29.8 Å². The number of carbonyl (C=O) groups excluding carboxylic acids is 1. The number of hydrogen-bond acceptors (Lipinski definition) is 5. The van der Waals surface area contributed by atoms with E-state index in [9.17, 15) is 18.0 Å². The third kappa shape index (κ3) is 3.25. The largest absolute Gasteiger partial charge is 0.416 e. The molecule has 1 amide bonds. The number of rotatable bonds is 3. The molecule has 1 unspecified atom stereocenters. The van der Waals surface area contributed by atoms with E-state index in [1.165, 1.54) is 10.7 Å². The highest BCUT2D eigenvalue weighted by Gasteiger charge is 2.32. The summed E-state index contributed by atoms with van der Waals surface area (Å²) in [5, 5.41) is 14.4. The minimum atomic E-state index is -4.43. The van der Waals surface area contributed by atoms with Crippen molar-refractivity contribution >= 4 is 5.91 Å². The van der Waals surface area contributed by atoms with Crippen LogP contribution in [-0.2, 0) is 12.6 Å². The van der Waals surface area contributed by atoms with Crippen molar-refractivity contribution in [2.45, 2.75) is 38.4 Å². The van der Waals surface area contributed by atoms with Gasteiger partial charge in [0.15, 0.2) is 5.69 Å². The van der Waals surface area contributed by atoms with Gasteiger partial charge in [0.05, 0.1) is 23.5 Å². The Morgan fingerprint density at radius 2 is 2.14 bits per heavy atom. The van der Waals surface area contributed by atoms with Crippen molar-refractivity contribution in [2.75, 3.05) is 0 Å². The first-order valence-electron chi connectivity index (χ1n) is 8.69. The van der Waals surface area contributed by atoms with Crippen molar-refractivity contribution in [3.05, 3.63) is 58.7 Å². The lowest BCUT2D eigenvalue weighted by molar-refractivity contribution is -0.137. The molecular weight excluding hydrogens is 375 g/mol. The lowest BCUT2D eigenvalue weighted by atomic mass is 9.92. The van der Waals surface area contributed by atoms with Gasteiger partial charge in [0.1, 0.15) is 5.69 Å². The van der Waals surface area contributed by atoms with Gasteiger partial charge in [-0.2, -0.15) is 18.3 Å². The van der Waals surface area contributed by atoms with Crippen LogP contribution in [0.2, 0.25) is 0 Å². The van der Waals surface area contributed by atoms with Gasteiger partial charge in [-0.25, -0.2) is 9.31 Å². The summed E-state index contributed by atoms with van der Waals surface area (Å²) >= 11 is 0. The van der Waals surface area contributed by atoms with Crippen LogP contribution in [-0.4, -0.2) is 26.0 Å². The van der Waals surface area contributed by atoms with Gasteiger partial charge in [-0.15, -0.1) is 0 Å². The molecule has 1 N–H and O–H groups in total. The number of fused-ring (bicyclic) bond motifs is 1. The maximum absolute atomic E-state index is 13.0. The van der Waals surface area contributed by atoms with Crippen molar-refractivity contribution in [1.82, 2.24) is 25.4 Å². The van der Waals surface area contributed by atoms with E-state index in [-0.39, 0.29) is 11.7 Å². The zero-order valence-corrected chi connectivity index (χ0v) is 14.8. The zero-order chi connectivity index (χ0) is 19.9. The summed E-state index contributed by atoms with van der Waals surface area (Å²) in [6.45, 7) is 1.61. The van der Waals surface area contributed by atoms with Crippen LogP contribution in [0.25, 0.3) is 5.69 Å². The Morgan fingerprint density at radius 3 is 2.86 bits per heavy atom. The topological polar surface area (TPSA) is 85.8 Å². The molecule has 0 radical (unpaired) electrons. The molecule has 3 aromatic rings. The molecule has 0 saturated heterocycles. The predicted octanol–water partition coefficient (Wildman–Crippen LogP) is 3.39. The van der Waals surface area contributed by atoms with Gasteiger partial charge >= 0.3 is 6.18 Å². The summed E-state index contributed by atoms with van der Waals surface area (Å²) in [5.41, 5.74) is 1.66. The van der Waals surface area contributed by atoms with Gasteiger partial charge < -0.3 is 5.32 Å². The Hall–Kier alpha value is -3.17. The first kappa shape index (κ1) is 18.2. The molecule has 1 atom stereocenters.